The lowest BCUT2D eigenvalue weighted by atomic mass is 10.0. The number of ether oxygens (including phenoxy) is 1. The highest BCUT2D eigenvalue weighted by molar-refractivity contribution is 4.82. The van der Waals surface area contributed by atoms with Gasteiger partial charge in [-0.25, -0.2) is 0 Å². The van der Waals surface area contributed by atoms with Crippen molar-refractivity contribution in [2.45, 2.75) is 45.3 Å². The van der Waals surface area contributed by atoms with Crippen LogP contribution in [0, 0.1) is 0 Å². The summed E-state index contributed by atoms with van der Waals surface area (Å²) in [6.07, 6.45) is 4.24. The van der Waals surface area contributed by atoms with Crippen LogP contribution in [0.2, 0.25) is 0 Å². The normalized spacial score (nSPS) is 25.9. The van der Waals surface area contributed by atoms with Crippen molar-refractivity contribution in [1.29, 1.82) is 0 Å². The molecule has 0 N–H and O–H groups in total. The molecule has 1 atom stereocenters. The maximum atomic E-state index is 5.79. The Kier molecular flexibility index (Phi) is 6.75. The fraction of sp³-hybridized carbons (Fsp3) is 1.00. The third kappa shape index (κ3) is 4.99. The minimum Gasteiger partial charge on any atom is -0.377 e. The Hall–Kier alpha value is -0.160. The molecule has 0 saturated carbocycles. The highest BCUT2D eigenvalue weighted by atomic mass is 16.5. The Morgan fingerprint density at radius 3 is 2.30 bits per heavy atom. The number of hydrogen-bond acceptors (Lipinski definition) is 4. The molecule has 0 bridgehead atoms. The van der Waals surface area contributed by atoms with Crippen molar-refractivity contribution in [2.75, 3.05) is 59.5 Å². The lowest BCUT2D eigenvalue weighted by Crippen LogP contribution is -2.53. The second-order valence-corrected chi connectivity index (χ2v) is 6.50. The van der Waals surface area contributed by atoms with Gasteiger partial charge in [-0.2, -0.15) is 0 Å². The molecular weight excluding hydrogens is 250 g/mol. The summed E-state index contributed by atoms with van der Waals surface area (Å²) < 4.78 is 5.79. The Bertz CT molecular complexity index is 258. The molecule has 0 spiro atoms. The molecule has 2 rings (SSSR count). The number of nitrogens with zero attached hydrogens (tertiary/aromatic N) is 3. The molecule has 2 aliphatic rings. The molecule has 4 heteroatoms. The van der Waals surface area contributed by atoms with Gasteiger partial charge in [-0.15, -0.1) is 0 Å². The Morgan fingerprint density at radius 2 is 1.70 bits per heavy atom. The van der Waals surface area contributed by atoms with Gasteiger partial charge in [0.25, 0.3) is 0 Å². The van der Waals surface area contributed by atoms with Gasteiger partial charge in [0.15, 0.2) is 0 Å². The van der Waals surface area contributed by atoms with Gasteiger partial charge in [0.05, 0.1) is 12.7 Å². The van der Waals surface area contributed by atoms with Crippen LogP contribution in [0.3, 0.4) is 0 Å². The highest BCUT2D eigenvalue weighted by Gasteiger charge is 2.26. The minimum absolute atomic E-state index is 0.413. The minimum atomic E-state index is 0.413. The number of piperazine rings is 1. The van der Waals surface area contributed by atoms with Crippen LogP contribution in [0.5, 0.6) is 0 Å². The zero-order chi connectivity index (χ0) is 14.4. The van der Waals surface area contributed by atoms with Crippen molar-refractivity contribution in [1.82, 2.24) is 14.7 Å². The average Bonchev–Trinajstić information content (AvgIpc) is 2.48. The van der Waals surface area contributed by atoms with Crippen LogP contribution in [0.25, 0.3) is 0 Å². The van der Waals surface area contributed by atoms with Crippen LogP contribution < -0.4 is 0 Å². The quantitative estimate of drug-likeness (QED) is 0.735. The third-order valence-corrected chi connectivity index (χ3v) is 5.00. The SMILES string of the molecule is CCC(C)OCCN1CCN(C2CCN(C)CC2)CC1. The zero-order valence-electron chi connectivity index (χ0n) is 13.7. The van der Waals surface area contributed by atoms with E-state index in [4.69, 9.17) is 4.74 Å². The molecule has 20 heavy (non-hydrogen) atoms. The summed E-state index contributed by atoms with van der Waals surface area (Å²) in [4.78, 5) is 7.74. The van der Waals surface area contributed by atoms with E-state index in [1.54, 1.807) is 0 Å². The standard InChI is InChI=1S/C16H33N3O/c1-4-15(2)20-14-13-18-9-11-19(12-10-18)16-5-7-17(3)8-6-16/h15-16H,4-14H2,1-3H3. The molecule has 0 aliphatic carbocycles. The summed E-state index contributed by atoms with van der Waals surface area (Å²) >= 11 is 0. The first-order chi connectivity index (χ1) is 9.69. The Balaban J connectivity index is 1.60. The molecule has 2 aliphatic heterocycles. The van der Waals surface area contributed by atoms with Crippen molar-refractivity contribution >= 4 is 0 Å². The zero-order valence-corrected chi connectivity index (χ0v) is 13.7. The van der Waals surface area contributed by atoms with Crippen molar-refractivity contribution in [3.8, 4) is 0 Å². The summed E-state index contributed by atoms with van der Waals surface area (Å²) in [5, 5.41) is 0. The first-order valence-electron chi connectivity index (χ1n) is 8.45. The Morgan fingerprint density at radius 1 is 1.05 bits per heavy atom. The van der Waals surface area contributed by atoms with E-state index in [1.807, 2.05) is 0 Å². The van der Waals surface area contributed by atoms with Crippen molar-refractivity contribution in [3.63, 3.8) is 0 Å². The van der Waals surface area contributed by atoms with Crippen molar-refractivity contribution in [2.24, 2.45) is 0 Å². The van der Waals surface area contributed by atoms with Crippen LogP contribution in [0.1, 0.15) is 33.1 Å². The fourth-order valence-corrected chi connectivity index (χ4v) is 3.21. The van der Waals surface area contributed by atoms with Crippen LogP contribution in [-0.2, 0) is 4.74 Å². The Labute approximate surface area is 125 Å². The van der Waals surface area contributed by atoms with Gasteiger partial charge < -0.3 is 9.64 Å². The monoisotopic (exact) mass is 283 g/mol. The molecule has 0 radical (unpaired) electrons. The molecule has 0 aromatic heterocycles. The van der Waals surface area contributed by atoms with Gasteiger partial charge in [0, 0.05) is 38.8 Å². The number of hydrogen-bond donors (Lipinski definition) is 0. The number of rotatable bonds is 6. The maximum absolute atomic E-state index is 5.79. The molecule has 1 unspecified atom stereocenters. The highest BCUT2D eigenvalue weighted by Crippen LogP contribution is 2.17. The van der Waals surface area contributed by atoms with Gasteiger partial charge >= 0.3 is 0 Å². The van der Waals surface area contributed by atoms with Crippen LogP contribution in [0.4, 0.5) is 0 Å². The fourth-order valence-electron chi connectivity index (χ4n) is 3.21. The lowest BCUT2D eigenvalue weighted by Gasteiger charge is -2.42. The topological polar surface area (TPSA) is 19.0 Å². The van der Waals surface area contributed by atoms with E-state index < -0.39 is 0 Å². The van der Waals surface area contributed by atoms with E-state index in [-0.39, 0.29) is 0 Å². The molecule has 0 amide bonds. The first kappa shape index (κ1) is 16.2. The predicted molar refractivity (Wildman–Crippen MR) is 84.2 cm³/mol. The molecule has 2 fully saturated rings. The summed E-state index contributed by atoms with van der Waals surface area (Å²) in [6, 6.07) is 0.838. The van der Waals surface area contributed by atoms with Crippen LogP contribution in [-0.4, -0.2) is 86.3 Å². The summed E-state index contributed by atoms with van der Waals surface area (Å²) in [7, 11) is 2.24. The summed E-state index contributed by atoms with van der Waals surface area (Å²) in [6.45, 7) is 13.8. The van der Waals surface area contributed by atoms with Gasteiger partial charge in [-0.3, -0.25) is 9.80 Å². The van der Waals surface area contributed by atoms with E-state index in [0.29, 0.717) is 6.10 Å². The van der Waals surface area contributed by atoms with E-state index in [1.165, 1.54) is 52.1 Å². The molecule has 0 aromatic rings. The van der Waals surface area contributed by atoms with Gasteiger partial charge in [-0.1, -0.05) is 6.92 Å². The molecule has 4 nitrogen and oxygen atoms in total. The molecule has 118 valence electrons. The van der Waals surface area contributed by atoms with Crippen molar-refractivity contribution in [3.05, 3.63) is 0 Å². The molecule has 2 saturated heterocycles. The van der Waals surface area contributed by atoms with Crippen LogP contribution in [0.15, 0.2) is 0 Å². The molecular formula is C16H33N3O. The molecule has 2 heterocycles. The van der Waals surface area contributed by atoms with E-state index in [9.17, 15) is 0 Å². The maximum Gasteiger partial charge on any atom is 0.0597 e. The lowest BCUT2D eigenvalue weighted by molar-refractivity contribution is 0.0229. The second-order valence-electron chi connectivity index (χ2n) is 6.50. The van der Waals surface area contributed by atoms with E-state index >= 15 is 0 Å². The van der Waals surface area contributed by atoms with Crippen molar-refractivity contribution < 1.29 is 4.74 Å². The summed E-state index contributed by atoms with van der Waals surface area (Å²) in [5.74, 6) is 0. The second kappa shape index (κ2) is 8.32. The largest absolute Gasteiger partial charge is 0.377 e. The van der Waals surface area contributed by atoms with E-state index in [0.717, 1.165) is 25.6 Å². The van der Waals surface area contributed by atoms with Gasteiger partial charge in [0.1, 0.15) is 0 Å². The number of likely N-dealkylation sites (tertiary alicyclic amines) is 1. The predicted octanol–water partition coefficient (Wildman–Crippen LogP) is 1.51. The van der Waals surface area contributed by atoms with Gasteiger partial charge in [0.2, 0.25) is 0 Å². The van der Waals surface area contributed by atoms with Crippen LogP contribution >= 0.6 is 0 Å². The van der Waals surface area contributed by atoms with Gasteiger partial charge in [-0.05, 0) is 46.3 Å². The molecule has 0 aromatic carbocycles. The smallest absolute Gasteiger partial charge is 0.0597 e. The summed E-state index contributed by atoms with van der Waals surface area (Å²) in [5.41, 5.74) is 0. The third-order valence-electron chi connectivity index (χ3n) is 5.00. The number of piperidine rings is 1. The first-order valence-corrected chi connectivity index (χ1v) is 8.45. The average molecular weight is 283 g/mol. The van der Waals surface area contributed by atoms with E-state index in [2.05, 4.69) is 35.6 Å².